The van der Waals surface area contributed by atoms with Crippen LogP contribution >= 0.6 is 0 Å². The Morgan fingerprint density at radius 3 is 2.50 bits per heavy atom. The van der Waals surface area contributed by atoms with Gasteiger partial charge in [-0.05, 0) is 42.8 Å². The van der Waals surface area contributed by atoms with E-state index in [1.54, 1.807) is 6.20 Å². The molecule has 1 aromatic carbocycles. The number of hydrogen-bond acceptors (Lipinski definition) is 3. The van der Waals surface area contributed by atoms with Gasteiger partial charge in [0.15, 0.2) is 0 Å². The molecule has 0 fully saturated rings. The second-order valence-electron chi connectivity index (χ2n) is 4.78. The zero-order valence-electron chi connectivity index (χ0n) is 12.0. The number of rotatable bonds is 4. The Kier molecular flexibility index (Phi) is 4.48. The van der Waals surface area contributed by atoms with Gasteiger partial charge in [-0.3, -0.25) is 4.79 Å². The first kappa shape index (κ1) is 14.2. The molecule has 0 bridgehead atoms. The number of amides is 1. The number of carbonyl (C=O) groups is 1. The van der Waals surface area contributed by atoms with E-state index in [0.717, 1.165) is 17.7 Å². The van der Waals surface area contributed by atoms with E-state index in [2.05, 4.69) is 40.7 Å². The van der Waals surface area contributed by atoms with Crippen molar-refractivity contribution in [3.05, 3.63) is 47.7 Å². The summed E-state index contributed by atoms with van der Waals surface area (Å²) in [5.41, 5.74) is 4.71. The number of hydrogen-bond donors (Lipinski definition) is 2. The molecule has 104 valence electrons. The van der Waals surface area contributed by atoms with E-state index in [4.69, 9.17) is 0 Å². The number of nitrogens with one attached hydrogen (secondary N) is 2. The van der Waals surface area contributed by atoms with Crippen LogP contribution in [0.3, 0.4) is 0 Å². The first-order valence-corrected chi connectivity index (χ1v) is 6.58. The number of aryl methyl sites for hydroxylation is 1. The molecule has 4 nitrogen and oxygen atoms in total. The fourth-order valence-electron chi connectivity index (χ4n) is 2.08. The highest BCUT2D eigenvalue weighted by Gasteiger charge is 2.03. The minimum absolute atomic E-state index is 0.113. The summed E-state index contributed by atoms with van der Waals surface area (Å²) in [5, 5.41) is 5.82. The predicted molar refractivity (Wildman–Crippen MR) is 81.5 cm³/mol. The molecule has 1 aromatic heterocycles. The molecular weight excluding hydrogens is 250 g/mol. The topological polar surface area (TPSA) is 54.0 Å². The van der Waals surface area contributed by atoms with Crippen LogP contribution in [0.25, 0.3) is 11.1 Å². The summed E-state index contributed by atoms with van der Waals surface area (Å²) in [6.07, 6.45) is 1.78. The van der Waals surface area contributed by atoms with E-state index < -0.39 is 0 Å². The van der Waals surface area contributed by atoms with Crippen LogP contribution in [0.15, 0.2) is 36.5 Å². The standard InChI is InChI=1S/C16H19N3O/c1-11-8-13(4-5-14(11)9-17-3)15-6-7-16(18-10-15)19-12(2)20/h4-8,10,17H,9H2,1-3H3,(H,18,19,20). The van der Waals surface area contributed by atoms with Crippen LogP contribution in [-0.4, -0.2) is 17.9 Å². The molecule has 0 atom stereocenters. The quantitative estimate of drug-likeness (QED) is 0.897. The van der Waals surface area contributed by atoms with Crippen LogP contribution in [0, 0.1) is 6.92 Å². The molecule has 0 aliphatic heterocycles. The van der Waals surface area contributed by atoms with Crippen LogP contribution < -0.4 is 10.6 Å². The maximum absolute atomic E-state index is 11.0. The van der Waals surface area contributed by atoms with Crippen LogP contribution in [0.1, 0.15) is 18.1 Å². The van der Waals surface area contributed by atoms with Gasteiger partial charge in [0.05, 0.1) is 0 Å². The number of pyridine rings is 1. The van der Waals surface area contributed by atoms with Gasteiger partial charge in [-0.1, -0.05) is 18.2 Å². The van der Waals surface area contributed by atoms with E-state index in [-0.39, 0.29) is 5.91 Å². The molecule has 2 N–H and O–H groups in total. The third-order valence-corrected chi connectivity index (χ3v) is 3.11. The summed E-state index contributed by atoms with van der Waals surface area (Å²) in [6.45, 7) is 4.44. The van der Waals surface area contributed by atoms with Gasteiger partial charge in [0.1, 0.15) is 5.82 Å². The van der Waals surface area contributed by atoms with Crippen molar-refractivity contribution >= 4 is 11.7 Å². The predicted octanol–water partition coefficient (Wildman–Crippen LogP) is 2.73. The Bertz CT molecular complexity index is 606. The maximum Gasteiger partial charge on any atom is 0.222 e. The summed E-state index contributed by atoms with van der Waals surface area (Å²) in [7, 11) is 1.94. The van der Waals surface area contributed by atoms with Crippen molar-refractivity contribution in [2.45, 2.75) is 20.4 Å². The Morgan fingerprint density at radius 1 is 1.20 bits per heavy atom. The van der Waals surface area contributed by atoms with Crippen molar-refractivity contribution in [2.75, 3.05) is 12.4 Å². The highest BCUT2D eigenvalue weighted by atomic mass is 16.1. The zero-order valence-corrected chi connectivity index (χ0v) is 12.0. The van der Waals surface area contributed by atoms with Crippen LogP contribution in [-0.2, 0) is 11.3 Å². The van der Waals surface area contributed by atoms with E-state index in [1.807, 2.05) is 19.2 Å². The summed E-state index contributed by atoms with van der Waals surface area (Å²) in [4.78, 5) is 15.2. The smallest absolute Gasteiger partial charge is 0.222 e. The second-order valence-corrected chi connectivity index (χ2v) is 4.78. The van der Waals surface area contributed by atoms with Crippen molar-refractivity contribution in [3.8, 4) is 11.1 Å². The molecule has 0 saturated carbocycles. The van der Waals surface area contributed by atoms with Gasteiger partial charge >= 0.3 is 0 Å². The molecule has 1 amide bonds. The normalized spacial score (nSPS) is 10.3. The van der Waals surface area contributed by atoms with Crippen LogP contribution in [0.5, 0.6) is 0 Å². The fourth-order valence-corrected chi connectivity index (χ4v) is 2.08. The monoisotopic (exact) mass is 269 g/mol. The molecule has 2 aromatic rings. The van der Waals surface area contributed by atoms with Gasteiger partial charge < -0.3 is 10.6 Å². The molecule has 20 heavy (non-hydrogen) atoms. The van der Waals surface area contributed by atoms with E-state index >= 15 is 0 Å². The lowest BCUT2D eigenvalue weighted by Gasteiger charge is -2.09. The van der Waals surface area contributed by atoms with Gasteiger partial charge in [0.25, 0.3) is 0 Å². The average Bonchev–Trinajstić information content (AvgIpc) is 2.41. The molecule has 4 heteroatoms. The third kappa shape index (κ3) is 3.42. The Balaban J connectivity index is 2.23. The summed E-state index contributed by atoms with van der Waals surface area (Å²) >= 11 is 0. The number of anilines is 1. The van der Waals surface area contributed by atoms with Gasteiger partial charge in [-0.15, -0.1) is 0 Å². The largest absolute Gasteiger partial charge is 0.316 e. The Hall–Kier alpha value is -2.20. The molecule has 2 rings (SSSR count). The number of carbonyl (C=O) groups excluding carboxylic acids is 1. The molecule has 0 spiro atoms. The average molecular weight is 269 g/mol. The Labute approximate surface area is 119 Å². The first-order valence-electron chi connectivity index (χ1n) is 6.58. The van der Waals surface area contributed by atoms with Crippen molar-refractivity contribution in [3.63, 3.8) is 0 Å². The zero-order chi connectivity index (χ0) is 14.5. The molecule has 0 radical (unpaired) electrons. The SMILES string of the molecule is CNCc1ccc(-c2ccc(NC(C)=O)nc2)cc1C. The highest BCUT2D eigenvalue weighted by Crippen LogP contribution is 2.22. The summed E-state index contributed by atoms with van der Waals surface area (Å²) in [6, 6.07) is 10.2. The molecule has 1 heterocycles. The van der Waals surface area contributed by atoms with Crippen LogP contribution in [0.4, 0.5) is 5.82 Å². The minimum atomic E-state index is -0.113. The van der Waals surface area contributed by atoms with Crippen molar-refractivity contribution in [1.82, 2.24) is 10.3 Å². The van der Waals surface area contributed by atoms with Gasteiger partial charge in [0.2, 0.25) is 5.91 Å². The molecule has 0 unspecified atom stereocenters. The molecule has 0 aliphatic carbocycles. The number of nitrogens with zero attached hydrogens (tertiary/aromatic N) is 1. The van der Waals surface area contributed by atoms with E-state index in [0.29, 0.717) is 5.82 Å². The summed E-state index contributed by atoms with van der Waals surface area (Å²) < 4.78 is 0. The molecular formula is C16H19N3O. The lowest BCUT2D eigenvalue weighted by molar-refractivity contribution is -0.114. The molecule has 0 aliphatic rings. The van der Waals surface area contributed by atoms with Gasteiger partial charge in [-0.2, -0.15) is 0 Å². The lowest BCUT2D eigenvalue weighted by Crippen LogP contribution is -2.07. The van der Waals surface area contributed by atoms with Crippen molar-refractivity contribution in [1.29, 1.82) is 0 Å². The Morgan fingerprint density at radius 2 is 1.95 bits per heavy atom. The van der Waals surface area contributed by atoms with Gasteiger partial charge in [-0.25, -0.2) is 4.98 Å². The maximum atomic E-state index is 11.0. The second kappa shape index (κ2) is 6.30. The highest BCUT2D eigenvalue weighted by molar-refractivity contribution is 5.87. The van der Waals surface area contributed by atoms with E-state index in [1.165, 1.54) is 18.1 Å². The lowest BCUT2D eigenvalue weighted by atomic mass is 10.0. The summed E-state index contributed by atoms with van der Waals surface area (Å²) in [5.74, 6) is 0.460. The van der Waals surface area contributed by atoms with Crippen molar-refractivity contribution < 1.29 is 4.79 Å². The van der Waals surface area contributed by atoms with Crippen LogP contribution in [0.2, 0.25) is 0 Å². The fraction of sp³-hybridized carbons (Fsp3) is 0.250. The minimum Gasteiger partial charge on any atom is -0.316 e. The van der Waals surface area contributed by atoms with E-state index in [9.17, 15) is 4.79 Å². The number of benzene rings is 1. The van der Waals surface area contributed by atoms with Crippen molar-refractivity contribution in [2.24, 2.45) is 0 Å². The third-order valence-electron chi connectivity index (χ3n) is 3.11. The molecule has 0 saturated heterocycles. The first-order chi connectivity index (χ1) is 9.60. The van der Waals surface area contributed by atoms with Gasteiger partial charge in [0, 0.05) is 25.2 Å². The number of aromatic nitrogens is 1.